The predicted molar refractivity (Wildman–Crippen MR) is 75.5 cm³/mol. The fourth-order valence-corrected chi connectivity index (χ4v) is 2.73. The van der Waals surface area contributed by atoms with Gasteiger partial charge in [0.05, 0.1) is 6.10 Å². The molecule has 0 unspecified atom stereocenters. The smallest absolute Gasteiger partial charge is 0.0914 e. The van der Waals surface area contributed by atoms with Crippen LogP contribution in [0.15, 0.2) is 30.3 Å². The molecule has 1 aromatic carbocycles. The van der Waals surface area contributed by atoms with E-state index in [-0.39, 0.29) is 6.10 Å². The maximum Gasteiger partial charge on any atom is 0.0914 e. The van der Waals surface area contributed by atoms with Crippen LogP contribution in [0, 0.1) is 0 Å². The summed E-state index contributed by atoms with van der Waals surface area (Å²) >= 11 is 0. The highest BCUT2D eigenvalue weighted by Crippen LogP contribution is 2.18. The summed E-state index contributed by atoms with van der Waals surface area (Å²) in [6, 6.07) is 10.5. The second kappa shape index (κ2) is 7.55. The fraction of sp³-hybridized carbons (Fsp3) is 0.625. The minimum absolute atomic E-state index is 0.378. The molecule has 0 heterocycles. The molecule has 0 spiro atoms. The topological polar surface area (TPSA) is 32.3 Å². The molecule has 0 amide bonds. The lowest BCUT2D eigenvalue weighted by Crippen LogP contribution is -2.33. The van der Waals surface area contributed by atoms with Gasteiger partial charge in [0.15, 0.2) is 0 Å². The van der Waals surface area contributed by atoms with E-state index in [1.54, 1.807) is 0 Å². The summed E-state index contributed by atoms with van der Waals surface area (Å²) < 4.78 is 0. The van der Waals surface area contributed by atoms with Crippen molar-refractivity contribution in [2.75, 3.05) is 6.54 Å². The highest BCUT2D eigenvalue weighted by atomic mass is 16.3. The molecule has 2 nitrogen and oxygen atoms in total. The average Bonchev–Trinajstić information content (AvgIpc) is 2.38. The standard InChI is InChI=1S/C16H25NO/c18-16(14-9-5-4-6-10-14)13-17-15-11-7-2-1-3-8-12-15/h4-6,9-10,15-18H,1-3,7-8,11-13H2/t16-/m1/s1. The molecule has 0 aliphatic heterocycles. The van der Waals surface area contributed by atoms with Crippen LogP contribution in [0.5, 0.6) is 0 Å². The van der Waals surface area contributed by atoms with Crippen LogP contribution in [-0.2, 0) is 0 Å². The third-order valence-electron chi connectivity index (χ3n) is 3.89. The van der Waals surface area contributed by atoms with Crippen molar-refractivity contribution >= 4 is 0 Å². The molecule has 1 atom stereocenters. The van der Waals surface area contributed by atoms with E-state index in [1.807, 2.05) is 30.3 Å². The van der Waals surface area contributed by atoms with Crippen molar-refractivity contribution in [2.24, 2.45) is 0 Å². The molecular formula is C16H25NO. The van der Waals surface area contributed by atoms with Crippen LogP contribution in [0.2, 0.25) is 0 Å². The molecule has 2 rings (SSSR count). The van der Waals surface area contributed by atoms with Crippen LogP contribution < -0.4 is 5.32 Å². The molecule has 0 bridgehead atoms. The lowest BCUT2D eigenvalue weighted by atomic mass is 9.96. The third kappa shape index (κ3) is 4.43. The first-order chi connectivity index (χ1) is 8.86. The molecule has 1 fully saturated rings. The number of hydrogen-bond acceptors (Lipinski definition) is 2. The summed E-state index contributed by atoms with van der Waals surface area (Å²) in [7, 11) is 0. The summed E-state index contributed by atoms with van der Waals surface area (Å²) in [5.41, 5.74) is 1.01. The van der Waals surface area contributed by atoms with E-state index >= 15 is 0 Å². The van der Waals surface area contributed by atoms with Crippen molar-refractivity contribution in [3.63, 3.8) is 0 Å². The Labute approximate surface area is 110 Å². The molecule has 1 aliphatic carbocycles. The van der Waals surface area contributed by atoms with Crippen LogP contribution in [-0.4, -0.2) is 17.7 Å². The van der Waals surface area contributed by atoms with Crippen LogP contribution in [0.25, 0.3) is 0 Å². The van der Waals surface area contributed by atoms with Crippen LogP contribution in [0.1, 0.15) is 56.6 Å². The summed E-state index contributed by atoms with van der Waals surface area (Å²) in [5, 5.41) is 13.7. The molecule has 2 N–H and O–H groups in total. The summed E-state index contributed by atoms with van der Waals surface area (Å²) in [4.78, 5) is 0. The lowest BCUT2D eigenvalue weighted by Gasteiger charge is -2.22. The Bertz CT molecular complexity index is 317. The molecule has 0 aromatic heterocycles. The Hall–Kier alpha value is -0.860. The molecule has 0 saturated heterocycles. The molecule has 2 heteroatoms. The van der Waals surface area contributed by atoms with Gasteiger partial charge in [0, 0.05) is 12.6 Å². The largest absolute Gasteiger partial charge is 0.387 e. The van der Waals surface area contributed by atoms with Gasteiger partial charge in [-0.1, -0.05) is 62.4 Å². The second-order valence-electron chi connectivity index (χ2n) is 5.38. The summed E-state index contributed by atoms with van der Waals surface area (Å²) in [6.07, 6.45) is 8.97. The van der Waals surface area contributed by atoms with E-state index in [0.29, 0.717) is 12.6 Å². The maximum atomic E-state index is 10.1. The maximum absolute atomic E-state index is 10.1. The van der Waals surface area contributed by atoms with Gasteiger partial charge in [-0.15, -0.1) is 0 Å². The zero-order valence-electron chi connectivity index (χ0n) is 11.1. The zero-order chi connectivity index (χ0) is 12.6. The Kier molecular flexibility index (Phi) is 5.69. The first kappa shape index (κ1) is 13.6. The number of hydrogen-bond donors (Lipinski definition) is 2. The van der Waals surface area contributed by atoms with Crippen LogP contribution >= 0.6 is 0 Å². The van der Waals surface area contributed by atoms with Crippen LogP contribution in [0.4, 0.5) is 0 Å². The number of aliphatic hydroxyl groups excluding tert-OH is 1. The second-order valence-corrected chi connectivity index (χ2v) is 5.38. The quantitative estimate of drug-likeness (QED) is 0.854. The van der Waals surface area contributed by atoms with E-state index in [0.717, 1.165) is 5.56 Å². The normalized spacial score (nSPS) is 20.1. The Balaban J connectivity index is 1.76. The van der Waals surface area contributed by atoms with Crippen molar-refractivity contribution in [2.45, 2.75) is 57.1 Å². The van der Waals surface area contributed by atoms with E-state index in [2.05, 4.69) is 5.32 Å². The summed E-state index contributed by atoms with van der Waals surface area (Å²) in [5.74, 6) is 0. The number of rotatable bonds is 4. The number of nitrogens with one attached hydrogen (secondary N) is 1. The SMILES string of the molecule is O[C@H](CNC1CCCCCCC1)c1ccccc1. The number of aliphatic hydroxyl groups is 1. The minimum atomic E-state index is -0.378. The fourth-order valence-electron chi connectivity index (χ4n) is 2.73. The van der Waals surface area contributed by atoms with Gasteiger partial charge in [-0.3, -0.25) is 0 Å². The molecule has 1 aliphatic rings. The number of benzene rings is 1. The molecule has 1 saturated carbocycles. The minimum Gasteiger partial charge on any atom is -0.387 e. The van der Waals surface area contributed by atoms with E-state index in [9.17, 15) is 5.11 Å². The van der Waals surface area contributed by atoms with Gasteiger partial charge in [-0.05, 0) is 18.4 Å². The van der Waals surface area contributed by atoms with Crippen molar-refractivity contribution in [3.8, 4) is 0 Å². The first-order valence-electron chi connectivity index (χ1n) is 7.32. The monoisotopic (exact) mass is 247 g/mol. The van der Waals surface area contributed by atoms with Crippen molar-refractivity contribution < 1.29 is 5.11 Å². The summed E-state index contributed by atoms with van der Waals surface area (Å²) in [6.45, 7) is 0.675. The molecular weight excluding hydrogens is 222 g/mol. The van der Waals surface area contributed by atoms with Gasteiger partial charge in [0.2, 0.25) is 0 Å². The Morgan fingerprint density at radius 2 is 1.61 bits per heavy atom. The van der Waals surface area contributed by atoms with Gasteiger partial charge in [0.1, 0.15) is 0 Å². The van der Waals surface area contributed by atoms with Crippen molar-refractivity contribution in [3.05, 3.63) is 35.9 Å². The van der Waals surface area contributed by atoms with Gasteiger partial charge in [0.25, 0.3) is 0 Å². The van der Waals surface area contributed by atoms with Crippen molar-refractivity contribution in [1.29, 1.82) is 0 Å². The van der Waals surface area contributed by atoms with Gasteiger partial charge >= 0.3 is 0 Å². The lowest BCUT2D eigenvalue weighted by molar-refractivity contribution is 0.167. The Morgan fingerprint density at radius 1 is 1.00 bits per heavy atom. The van der Waals surface area contributed by atoms with Gasteiger partial charge < -0.3 is 10.4 Å². The molecule has 1 aromatic rings. The molecule has 100 valence electrons. The van der Waals surface area contributed by atoms with Gasteiger partial charge in [-0.2, -0.15) is 0 Å². The highest BCUT2D eigenvalue weighted by Gasteiger charge is 2.13. The molecule has 18 heavy (non-hydrogen) atoms. The zero-order valence-corrected chi connectivity index (χ0v) is 11.1. The van der Waals surface area contributed by atoms with Crippen molar-refractivity contribution in [1.82, 2.24) is 5.32 Å². The van der Waals surface area contributed by atoms with Crippen LogP contribution in [0.3, 0.4) is 0 Å². The van der Waals surface area contributed by atoms with E-state index in [1.165, 1.54) is 44.9 Å². The Morgan fingerprint density at radius 3 is 2.28 bits per heavy atom. The predicted octanol–water partition coefficient (Wildman–Crippen LogP) is 3.42. The highest BCUT2D eigenvalue weighted by molar-refractivity contribution is 5.17. The van der Waals surface area contributed by atoms with Gasteiger partial charge in [-0.25, -0.2) is 0 Å². The van der Waals surface area contributed by atoms with E-state index < -0.39 is 0 Å². The van der Waals surface area contributed by atoms with E-state index in [4.69, 9.17) is 0 Å². The molecule has 0 radical (unpaired) electrons. The third-order valence-corrected chi connectivity index (χ3v) is 3.89. The average molecular weight is 247 g/mol. The first-order valence-corrected chi connectivity index (χ1v) is 7.32.